The van der Waals surface area contributed by atoms with Gasteiger partial charge in [-0.15, -0.1) is 0 Å². The summed E-state index contributed by atoms with van der Waals surface area (Å²) in [6, 6.07) is 22.7. The Bertz CT molecular complexity index is 1440. The van der Waals surface area contributed by atoms with Crippen molar-refractivity contribution in [3.05, 3.63) is 94.8 Å². The number of aromatic nitrogens is 3. The number of pyridine rings is 1. The number of aryl methyl sites for hydroxylation is 3. The first kappa shape index (κ1) is 19.9. The molecule has 5 nitrogen and oxygen atoms in total. The van der Waals surface area contributed by atoms with Crippen molar-refractivity contribution in [2.24, 2.45) is 5.10 Å². The van der Waals surface area contributed by atoms with Crippen LogP contribution in [0.5, 0.6) is 0 Å². The third-order valence-corrected chi connectivity index (χ3v) is 6.04. The minimum atomic E-state index is 0.940. The molecule has 5 aromatic rings. The monoisotopic (exact) mass is 419 g/mol. The minimum absolute atomic E-state index is 0.940. The first-order valence-corrected chi connectivity index (χ1v) is 10.7. The van der Waals surface area contributed by atoms with Crippen LogP contribution in [-0.2, 0) is 0 Å². The summed E-state index contributed by atoms with van der Waals surface area (Å²) in [5.41, 5.74) is 12.7. The van der Waals surface area contributed by atoms with Crippen molar-refractivity contribution >= 4 is 33.7 Å². The molecular weight excluding hydrogens is 394 g/mol. The topological polar surface area (TPSA) is 55.1 Å². The Morgan fingerprint density at radius 2 is 1.47 bits per heavy atom. The summed E-state index contributed by atoms with van der Waals surface area (Å²) in [5, 5.41) is 11.5. The maximum absolute atomic E-state index is 4.78. The highest BCUT2D eigenvalue weighted by molar-refractivity contribution is 6.07. The van der Waals surface area contributed by atoms with Crippen LogP contribution >= 0.6 is 0 Å². The van der Waals surface area contributed by atoms with E-state index in [1.807, 2.05) is 54.2 Å². The quantitative estimate of drug-likeness (QED) is 0.213. The Labute approximate surface area is 187 Å². The van der Waals surface area contributed by atoms with E-state index in [1.165, 1.54) is 11.1 Å². The van der Waals surface area contributed by atoms with Gasteiger partial charge in [-0.25, -0.2) is 9.67 Å². The Kier molecular flexibility index (Phi) is 4.94. The summed E-state index contributed by atoms with van der Waals surface area (Å²) in [4.78, 5) is 4.78. The Morgan fingerprint density at radius 3 is 2.12 bits per heavy atom. The van der Waals surface area contributed by atoms with Crippen molar-refractivity contribution in [3.8, 4) is 5.69 Å². The second-order valence-electron chi connectivity index (χ2n) is 8.16. The van der Waals surface area contributed by atoms with Gasteiger partial charge < -0.3 is 0 Å². The van der Waals surface area contributed by atoms with Crippen LogP contribution in [0.2, 0.25) is 0 Å². The molecule has 0 saturated heterocycles. The number of benzene rings is 3. The van der Waals surface area contributed by atoms with Crippen molar-refractivity contribution in [2.45, 2.75) is 27.7 Å². The van der Waals surface area contributed by atoms with Gasteiger partial charge >= 0.3 is 0 Å². The molecule has 0 spiro atoms. The van der Waals surface area contributed by atoms with Gasteiger partial charge in [0.05, 0.1) is 40.0 Å². The fourth-order valence-corrected chi connectivity index (χ4v) is 4.07. The van der Waals surface area contributed by atoms with Crippen LogP contribution in [0, 0.1) is 27.7 Å². The van der Waals surface area contributed by atoms with Crippen molar-refractivity contribution in [1.29, 1.82) is 0 Å². The van der Waals surface area contributed by atoms with Gasteiger partial charge in [0, 0.05) is 16.3 Å². The SMILES string of the molecule is Cc1ccc(-n2nc(C)c(/C=N/Nc3c4ccccc4nc4ccccc34)c2C)cc1C. The maximum Gasteiger partial charge on any atom is 0.0749 e. The Hall–Kier alpha value is -3.99. The van der Waals surface area contributed by atoms with E-state index in [0.29, 0.717) is 0 Å². The van der Waals surface area contributed by atoms with Gasteiger partial charge in [-0.05, 0) is 63.1 Å². The molecule has 32 heavy (non-hydrogen) atoms. The number of hydrazone groups is 1. The zero-order chi connectivity index (χ0) is 22.2. The predicted octanol–water partition coefficient (Wildman–Crippen LogP) is 6.25. The molecule has 0 bridgehead atoms. The summed E-state index contributed by atoms with van der Waals surface area (Å²) in [5.74, 6) is 0. The number of nitrogens with one attached hydrogen (secondary N) is 1. The summed E-state index contributed by atoms with van der Waals surface area (Å²) < 4.78 is 1.99. The van der Waals surface area contributed by atoms with E-state index in [1.54, 1.807) is 0 Å². The van der Waals surface area contributed by atoms with Gasteiger partial charge in [0.1, 0.15) is 0 Å². The van der Waals surface area contributed by atoms with Crippen molar-refractivity contribution in [1.82, 2.24) is 14.8 Å². The molecule has 0 aliphatic heterocycles. The smallest absolute Gasteiger partial charge is 0.0749 e. The molecule has 3 aromatic carbocycles. The lowest BCUT2D eigenvalue weighted by Crippen LogP contribution is -2.01. The normalized spacial score (nSPS) is 11.6. The fourth-order valence-electron chi connectivity index (χ4n) is 4.07. The molecule has 158 valence electrons. The van der Waals surface area contributed by atoms with Gasteiger partial charge in [0.15, 0.2) is 0 Å². The van der Waals surface area contributed by atoms with Gasteiger partial charge in [0.2, 0.25) is 0 Å². The van der Waals surface area contributed by atoms with E-state index < -0.39 is 0 Å². The van der Waals surface area contributed by atoms with E-state index in [4.69, 9.17) is 10.1 Å². The third-order valence-electron chi connectivity index (χ3n) is 6.04. The molecule has 0 unspecified atom stereocenters. The molecule has 0 atom stereocenters. The molecule has 0 radical (unpaired) electrons. The summed E-state index contributed by atoms with van der Waals surface area (Å²) in [7, 11) is 0. The number of fused-ring (bicyclic) bond motifs is 2. The molecule has 5 rings (SSSR count). The summed E-state index contributed by atoms with van der Waals surface area (Å²) >= 11 is 0. The van der Waals surface area contributed by atoms with E-state index in [9.17, 15) is 0 Å². The van der Waals surface area contributed by atoms with Crippen LogP contribution in [0.25, 0.3) is 27.5 Å². The fraction of sp³-hybridized carbons (Fsp3) is 0.148. The molecular formula is C27H25N5. The first-order valence-electron chi connectivity index (χ1n) is 10.7. The average molecular weight is 420 g/mol. The molecule has 0 amide bonds. The Balaban J connectivity index is 1.53. The molecule has 0 saturated carbocycles. The van der Waals surface area contributed by atoms with Crippen LogP contribution in [0.3, 0.4) is 0 Å². The van der Waals surface area contributed by atoms with Gasteiger partial charge in [-0.1, -0.05) is 42.5 Å². The van der Waals surface area contributed by atoms with Gasteiger partial charge in [-0.3, -0.25) is 5.43 Å². The van der Waals surface area contributed by atoms with Crippen LogP contribution in [-0.4, -0.2) is 21.0 Å². The molecule has 2 heterocycles. The van der Waals surface area contributed by atoms with Gasteiger partial charge in [-0.2, -0.15) is 10.2 Å². The molecule has 0 aliphatic carbocycles. The van der Waals surface area contributed by atoms with Crippen LogP contribution in [0.15, 0.2) is 71.8 Å². The number of para-hydroxylation sites is 2. The standard InChI is InChI=1S/C27H25N5/c1-17-13-14-21(15-18(17)2)32-20(4)24(19(3)31-32)16-28-30-27-22-9-5-7-11-25(22)29-26-12-8-6-10-23(26)27/h5-16H,1-4H3,(H,29,30)/b28-16+. The second kappa shape index (κ2) is 7.93. The van der Waals surface area contributed by atoms with E-state index in [2.05, 4.69) is 61.6 Å². The van der Waals surface area contributed by atoms with Gasteiger partial charge in [0.25, 0.3) is 0 Å². The van der Waals surface area contributed by atoms with Crippen molar-refractivity contribution < 1.29 is 0 Å². The van der Waals surface area contributed by atoms with Crippen LogP contribution in [0.4, 0.5) is 5.69 Å². The lowest BCUT2D eigenvalue weighted by atomic mass is 10.1. The second-order valence-corrected chi connectivity index (χ2v) is 8.16. The van der Waals surface area contributed by atoms with E-state index in [0.717, 1.165) is 50.1 Å². The molecule has 2 aromatic heterocycles. The minimum Gasteiger partial charge on any atom is -0.277 e. The molecule has 0 aliphatic rings. The highest BCUT2D eigenvalue weighted by Gasteiger charge is 2.12. The summed E-state index contributed by atoms with van der Waals surface area (Å²) in [6.45, 7) is 8.34. The number of hydrogen-bond donors (Lipinski definition) is 1. The lowest BCUT2D eigenvalue weighted by molar-refractivity contribution is 0.832. The Morgan fingerprint density at radius 1 is 0.812 bits per heavy atom. The van der Waals surface area contributed by atoms with E-state index in [-0.39, 0.29) is 0 Å². The lowest BCUT2D eigenvalue weighted by Gasteiger charge is -2.10. The first-order chi connectivity index (χ1) is 15.5. The molecule has 0 fully saturated rings. The summed E-state index contributed by atoms with van der Waals surface area (Å²) in [6.07, 6.45) is 1.86. The highest BCUT2D eigenvalue weighted by Crippen LogP contribution is 2.30. The van der Waals surface area contributed by atoms with Crippen LogP contribution in [0.1, 0.15) is 28.1 Å². The van der Waals surface area contributed by atoms with E-state index >= 15 is 0 Å². The third kappa shape index (κ3) is 3.42. The maximum atomic E-state index is 4.78. The predicted molar refractivity (Wildman–Crippen MR) is 133 cm³/mol. The van der Waals surface area contributed by atoms with Crippen molar-refractivity contribution in [2.75, 3.05) is 5.43 Å². The molecule has 1 N–H and O–H groups in total. The average Bonchev–Trinajstić information content (AvgIpc) is 3.08. The number of hydrogen-bond acceptors (Lipinski definition) is 4. The highest BCUT2D eigenvalue weighted by atomic mass is 15.3. The van der Waals surface area contributed by atoms with Crippen LogP contribution < -0.4 is 5.43 Å². The number of rotatable bonds is 4. The number of nitrogens with zero attached hydrogens (tertiary/aromatic N) is 4. The van der Waals surface area contributed by atoms with Crippen molar-refractivity contribution in [3.63, 3.8) is 0 Å². The largest absolute Gasteiger partial charge is 0.277 e. The zero-order valence-electron chi connectivity index (χ0n) is 18.7. The molecule has 5 heteroatoms. The number of anilines is 1. The zero-order valence-corrected chi connectivity index (χ0v) is 18.7.